The summed E-state index contributed by atoms with van der Waals surface area (Å²) in [5.41, 5.74) is -2.42. The van der Waals surface area contributed by atoms with E-state index in [0.29, 0.717) is 19.3 Å². The van der Waals surface area contributed by atoms with E-state index in [4.69, 9.17) is 28.8 Å². The van der Waals surface area contributed by atoms with Crippen LogP contribution in [0.2, 0.25) is 0 Å². The summed E-state index contributed by atoms with van der Waals surface area (Å²) in [6, 6.07) is 0. The molecule has 0 aliphatic rings. The fraction of sp³-hybridized carbons (Fsp3) is 0.625. The predicted molar refractivity (Wildman–Crippen MR) is 131 cm³/mol. The molecule has 6 N–H and O–H groups in total. The number of halogens is 9. The van der Waals surface area contributed by atoms with Crippen LogP contribution in [0.5, 0.6) is 0 Å². The largest absolute Gasteiger partial charge is 3.00 e. The molecule has 0 heterocycles. The van der Waals surface area contributed by atoms with Crippen LogP contribution in [0, 0.1) is 35.5 Å². The number of hydrogen-bond donors (Lipinski definition) is 0. The van der Waals surface area contributed by atoms with Crippen molar-refractivity contribution in [2.75, 3.05) is 0 Å². The number of hydrogen-bond acceptors (Lipinski definition) is 0. The molecule has 1 radical (unpaired) electrons. The van der Waals surface area contributed by atoms with E-state index in [0.717, 1.165) is 0 Å². The van der Waals surface area contributed by atoms with Crippen molar-refractivity contribution in [1.29, 1.82) is 0 Å². The molecule has 0 saturated carbocycles. The van der Waals surface area contributed by atoms with Gasteiger partial charge in [-0.2, -0.15) is 39.5 Å². The average Bonchev–Trinajstić information content (AvgIpc) is 2.64. The molecule has 0 amide bonds. The third-order valence-electron chi connectivity index (χ3n) is 4.00. The number of carbonyl (C=O) groups excluding carboxylic acids is 6. The van der Waals surface area contributed by atoms with Crippen LogP contribution in [0.3, 0.4) is 0 Å². The van der Waals surface area contributed by atoms with Gasteiger partial charge in [0.05, 0.1) is 0 Å². The topological polar surface area (TPSA) is 128 Å². The van der Waals surface area contributed by atoms with Gasteiger partial charge in [-0.1, -0.05) is 62.3 Å². The van der Waals surface area contributed by atoms with Crippen molar-refractivity contribution in [2.45, 2.75) is 80.8 Å². The first-order valence-electron chi connectivity index (χ1n) is 10.8. The molecule has 0 unspecified atom stereocenters. The molecular weight excluding hydrogens is 656 g/mol. The Morgan fingerprint density at radius 2 is 0.475 bits per heavy atom. The molecule has 0 aromatic heterocycles. The van der Waals surface area contributed by atoms with Crippen LogP contribution in [0.4, 0.5) is 39.5 Å². The Bertz CT molecular complexity index is 721. The standard InChI is InChI=1S/3C8H10F3O2.Ru/c3*1-7(2,3)5(12)4-6(13)8(9,10)11;/h3*4H,1-3H3;/q3*-1;+3/p+6. The maximum atomic E-state index is 11.8. The Morgan fingerprint density at radius 1 is 0.350 bits per heavy atom. The molecule has 0 spiro atoms. The SMILES string of the molecule is CC(C)(C)C(=[OH+])[CH-]C(=[OH+])C(F)(F)F.CC(C)(C)C(=[OH+])[CH-]C(=[OH+])C(F)(F)F.CC(C)(C)C(=[OH+])[CH-]C(=[OH+])C(F)(F)F.[Ru+3]. The normalized spacial score (nSPS) is 12.2. The monoisotopic (exact) mass is 693 g/mol. The van der Waals surface area contributed by atoms with Crippen LogP contribution in [0.15, 0.2) is 0 Å². The molecule has 0 aliphatic carbocycles. The fourth-order valence-electron chi connectivity index (χ4n) is 1.28. The summed E-state index contributed by atoms with van der Waals surface area (Å²) in [6.07, 6.45) is -13.5. The van der Waals surface area contributed by atoms with Crippen LogP contribution in [0.1, 0.15) is 62.3 Å². The molecule has 233 valence electrons. The molecule has 0 atom stereocenters. The molecule has 0 aliphatic heterocycles. The van der Waals surface area contributed by atoms with E-state index >= 15 is 0 Å². The van der Waals surface area contributed by atoms with Crippen molar-refractivity contribution in [2.24, 2.45) is 16.2 Å². The zero-order valence-electron chi connectivity index (χ0n) is 23.2. The quantitative estimate of drug-likeness (QED) is 0.112. The van der Waals surface area contributed by atoms with Crippen LogP contribution in [-0.2, 0) is 19.5 Å². The molecule has 0 fully saturated rings. The molecule has 16 heteroatoms. The van der Waals surface area contributed by atoms with Gasteiger partial charge in [0, 0.05) is 16.2 Å². The first kappa shape index (κ1) is 44.6. The number of alkyl halides is 9. The van der Waals surface area contributed by atoms with Crippen molar-refractivity contribution in [1.82, 2.24) is 0 Å². The Morgan fingerprint density at radius 3 is 0.550 bits per heavy atom. The smallest absolute Gasteiger partial charge is 0.315 e. The maximum Gasteiger partial charge on any atom is 3.00 e. The second-order valence-corrected chi connectivity index (χ2v) is 11.0. The predicted octanol–water partition coefficient (Wildman–Crippen LogP) is 5.66. The molecular formula is C24H36F9O6Ru+6. The second-order valence-electron chi connectivity index (χ2n) is 11.0. The minimum absolute atomic E-state index is 0. The van der Waals surface area contributed by atoms with E-state index in [2.05, 4.69) is 0 Å². The van der Waals surface area contributed by atoms with Gasteiger partial charge < -0.3 is 28.8 Å². The summed E-state index contributed by atoms with van der Waals surface area (Å²) >= 11 is 0. The summed E-state index contributed by atoms with van der Waals surface area (Å²) in [5, 5.41) is 0. The molecule has 0 aromatic rings. The summed E-state index contributed by atoms with van der Waals surface area (Å²) in [5.74, 6) is -6.91. The van der Waals surface area contributed by atoms with E-state index < -0.39 is 69.5 Å². The van der Waals surface area contributed by atoms with Crippen molar-refractivity contribution in [3.8, 4) is 0 Å². The first-order chi connectivity index (χ1) is 16.6. The van der Waals surface area contributed by atoms with Gasteiger partial charge in [-0.05, 0) is 0 Å². The van der Waals surface area contributed by atoms with Gasteiger partial charge in [0.1, 0.15) is 0 Å². The molecule has 6 nitrogen and oxygen atoms in total. The molecule has 0 saturated heterocycles. The summed E-state index contributed by atoms with van der Waals surface area (Å²) in [6.45, 7) is 13.8. The zero-order chi connectivity index (χ0) is 32.6. The van der Waals surface area contributed by atoms with Gasteiger partial charge in [-0.15, -0.1) is 19.3 Å². The van der Waals surface area contributed by atoms with Crippen LogP contribution in [-0.4, -0.2) is 82.0 Å². The minimum Gasteiger partial charge on any atom is -0.315 e. The Hall–Kier alpha value is -2.38. The van der Waals surface area contributed by atoms with Gasteiger partial charge in [0.2, 0.25) is 0 Å². The van der Waals surface area contributed by atoms with Crippen molar-refractivity contribution >= 4 is 34.7 Å². The zero-order valence-corrected chi connectivity index (χ0v) is 24.9. The summed E-state index contributed by atoms with van der Waals surface area (Å²) in [7, 11) is 0. The summed E-state index contributed by atoms with van der Waals surface area (Å²) in [4.78, 5) is 52.7. The van der Waals surface area contributed by atoms with Crippen LogP contribution < -0.4 is 0 Å². The van der Waals surface area contributed by atoms with Crippen molar-refractivity contribution in [3.63, 3.8) is 0 Å². The van der Waals surface area contributed by atoms with Crippen LogP contribution in [0.25, 0.3) is 0 Å². The maximum absolute atomic E-state index is 11.8. The average molecular weight is 693 g/mol. The fourth-order valence-corrected chi connectivity index (χ4v) is 1.28. The van der Waals surface area contributed by atoms with E-state index in [1.54, 1.807) is 0 Å². The molecule has 40 heavy (non-hydrogen) atoms. The van der Waals surface area contributed by atoms with Crippen molar-refractivity contribution < 1.29 is 87.8 Å². The third kappa shape index (κ3) is 20.5. The van der Waals surface area contributed by atoms with E-state index in [9.17, 15) is 39.5 Å². The van der Waals surface area contributed by atoms with Gasteiger partial charge in [0.15, 0.2) is 17.3 Å². The van der Waals surface area contributed by atoms with E-state index in [1.165, 1.54) is 62.3 Å². The molecule has 0 bridgehead atoms. The Balaban J connectivity index is -0.000000240. The van der Waals surface area contributed by atoms with Gasteiger partial charge in [-0.25, -0.2) is 0 Å². The Kier molecular flexibility index (Phi) is 17.4. The number of rotatable bonds is 6. The van der Waals surface area contributed by atoms with Crippen LogP contribution >= 0.6 is 0 Å². The third-order valence-corrected chi connectivity index (χ3v) is 4.00. The van der Waals surface area contributed by atoms with Crippen molar-refractivity contribution in [3.05, 3.63) is 19.3 Å². The van der Waals surface area contributed by atoms with Gasteiger partial charge in [0.25, 0.3) is 17.3 Å². The van der Waals surface area contributed by atoms with Gasteiger partial charge >= 0.3 is 38.0 Å². The van der Waals surface area contributed by atoms with Gasteiger partial charge in [-0.3, -0.25) is 0 Å². The first-order valence-corrected chi connectivity index (χ1v) is 10.8. The molecule has 0 rings (SSSR count). The number of ketones is 6. The minimum atomic E-state index is -4.81. The summed E-state index contributed by atoms with van der Waals surface area (Å²) < 4.78 is 106. The van der Waals surface area contributed by atoms with E-state index in [-0.39, 0.29) is 19.5 Å². The molecule has 0 aromatic carbocycles. The second kappa shape index (κ2) is 15.6. The Labute approximate surface area is 238 Å². The van der Waals surface area contributed by atoms with E-state index in [1.807, 2.05) is 0 Å².